The maximum Gasteiger partial charge on any atom is 0.271 e. The van der Waals surface area contributed by atoms with Gasteiger partial charge in [-0.2, -0.15) is 16.9 Å². The molecule has 1 aromatic heterocycles. The van der Waals surface area contributed by atoms with Crippen molar-refractivity contribution in [2.45, 2.75) is 45.2 Å². The van der Waals surface area contributed by atoms with Crippen molar-refractivity contribution in [1.82, 2.24) is 20.4 Å². The first-order valence-electron chi connectivity index (χ1n) is 7.74. The van der Waals surface area contributed by atoms with Gasteiger partial charge in [-0.25, -0.2) is 0 Å². The lowest BCUT2D eigenvalue weighted by Crippen LogP contribution is -2.36. The van der Waals surface area contributed by atoms with Gasteiger partial charge < -0.3 is 10.6 Å². The summed E-state index contributed by atoms with van der Waals surface area (Å²) in [4.78, 5) is 12.0. The maximum atomic E-state index is 12.0. The molecule has 0 spiro atoms. The highest BCUT2D eigenvalue weighted by Gasteiger charge is 2.28. The van der Waals surface area contributed by atoms with Crippen LogP contribution in [-0.4, -0.2) is 47.3 Å². The maximum absolute atomic E-state index is 12.0. The molecule has 1 aliphatic rings. The van der Waals surface area contributed by atoms with Crippen LogP contribution >= 0.6 is 11.8 Å². The highest BCUT2D eigenvalue weighted by molar-refractivity contribution is 7.98. The van der Waals surface area contributed by atoms with Gasteiger partial charge in [0.1, 0.15) is 0 Å². The quantitative estimate of drug-likeness (QED) is 0.749. The van der Waals surface area contributed by atoms with E-state index in [1.807, 2.05) is 16.4 Å². The van der Waals surface area contributed by atoms with E-state index in [4.69, 9.17) is 0 Å². The number of nitrogens with one attached hydrogen (secondary N) is 2. The summed E-state index contributed by atoms with van der Waals surface area (Å²) in [7, 11) is 1.67. The van der Waals surface area contributed by atoms with Crippen molar-refractivity contribution < 1.29 is 4.79 Å². The fraction of sp³-hybridized carbons (Fsp3) is 0.733. The van der Waals surface area contributed by atoms with Gasteiger partial charge in [0, 0.05) is 30.9 Å². The average Bonchev–Trinajstić information content (AvgIpc) is 2.89. The molecule has 0 saturated carbocycles. The summed E-state index contributed by atoms with van der Waals surface area (Å²) in [6, 6.07) is 0.470. The van der Waals surface area contributed by atoms with Gasteiger partial charge in [0.05, 0.1) is 0 Å². The number of hydrogen-bond donors (Lipinski definition) is 2. The Balaban J connectivity index is 2.07. The Labute approximate surface area is 131 Å². The summed E-state index contributed by atoms with van der Waals surface area (Å²) in [6.45, 7) is 3.96. The predicted octanol–water partition coefficient (Wildman–Crippen LogP) is 1.46. The van der Waals surface area contributed by atoms with Crippen LogP contribution in [0.1, 0.15) is 41.5 Å². The third-order valence-electron chi connectivity index (χ3n) is 4.05. The third kappa shape index (κ3) is 3.80. The molecule has 1 aromatic rings. The van der Waals surface area contributed by atoms with Gasteiger partial charge in [0.15, 0.2) is 5.69 Å². The molecule has 0 aromatic carbocycles. The lowest BCUT2D eigenvalue weighted by Gasteiger charge is -2.24. The van der Waals surface area contributed by atoms with Crippen LogP contribution in [0, 0.1) is 0 Å². The van der Waals surface area contributed by atoms with Crippen LogP contribution in [0.5, 0.6) is 0 Å². The molecule has 0 unspecified atom stereocenters. The summed E-state index contributed by atoms with van der Waals surface area (Å²) in [5.41, 5.74) is 3.01. The molecule has 6 heteroatoms. The van der Waals surface area contributed by atoms with Gasteiger partial charge in [-0.1, -0.05) is 0 Å². The topological polar surface area (TPSA) is 59.0 Å². The number of fused-ring (bicyclic) bond motifs is 1. The number of hydrogen-bond acceptors (Lipinski definition) is 4. The Morgan fingerprint density at radius 2 is 2.33 bits per heavy atom. The van der Waals surface area contributed by atoms with Crippen molar-refractivity contribution in [3.63, 3.8) is 0 Å². The lowest BCUT2D eigenvalue weighted by atomic mass is 9.91. The fourth-order valence-electron chi connectivity index (χ4n) is 2.95. The summed E-state index contributed by atoms with van der Waals surface area (Å²) in [6.07, 6.45) is 6.39. The minimum atomic E-state index is -0.0681. The lowest BCUT2D eigenvalue weighted by molar-refractivity contribution is 0.0956. The van der Waals surface area contributed by atoms with Crippen molar-refractivity contribution in [1.29, 1.82) is 0 Å². The average molecular weight is 310 g/mol. The van der Waals surface area contributed by atoms with E-state index < -0.39 is 0 Å². The van der Waals surface area contributed by atoms with Gasteiger partial charge >= 0.3 is 0 Å². The van der Waals surface area contributed by atoms with E-state index in [0.29, 0.717) is 11.7 Å². The number of carbonyl (C=O) groups is 1. The van der Waals surface area contributed by atoms with Crippen molar-refractivity contribution >= 4 is 17.7 Å². The molecule has 0 radical (unpaired) electrons. The van der Waals surface area contributed by atoms with E-state index in [1.54, 1.807) is 7.05 Å². The zero-order valence-corrected chi connectivity index (χ0v) is 14.1. The van der Waals surface area contributed by atoms with E-state index in [1.165, 1.54) is 17.9 Å². The Morgan fingerprint density at radius 1 is 1.52 bits per heavy atom. The van der Waals surface area contributed by atoms with Gasteiger partial charge in [-0.05, 0) is 51.2 Å². The molecule has 2 rings (SSSR count). The molecular formula is C15H26N4OS. The first kappa shape index (κ1) is 16.4. The monoisotopic (exact) mass is 310 g/mol. The van der Waals surface area contributed by atoms with E-state index in [-0.39, 0.29) is 5.91 Å². The van der Waals surface area contributed by atoms with Crippen LogP contribution in [0.3, 0.4) is 0 Å². The SMILES string of the molecule is CCn1nc(C(=O)NC)c2c1CC[C@H](NCCCSC)C2. The summed E-state index contributed by atoms with van der Waals surface area (Å²) in [5, 5.41) is 10.8. The minimum Gasteiger partial charge on any atom is -0.354 e. The number of rotatable bonds is 7. The van der Waals surface area contributed by atoms with Gasteiger partial charge in [-0.15, -0.1) is 0 Å². The third-order valence-corrected chi connectivity index (χ3v) is 4.74. The highest BCUT2D eigenvalue weighted by atomic mass is 32.2. The second kappa shape index (κ2) is 7.84. The number of thioether (sulfide) groups is 1. The van der Waals surface area contributed by atoms with E-state index in [2.05, 4.69) is 28.9 Å². The normalized spacial score (nSPS) is 17.6. The number of amides is 1. The first-order chi connectivity index (χ1) is 10.2. The molecule has 118 valence electrons. The van der Waals surface area contributed by atoms with E-state index in [0.717, 1.165) is 37.9 Å². The standard InChI is InChI=1S/C15H26N4OS/c1-4-19-13-7-6-11(17-8-5-9-21-3)10-12(13)14(18-19)15(20)16-2/h11,17H,4-10H2,1-3H3,(H,16,20)/t11-/m0/s1. The molecule has 0 aliphatic heterocycles. The van der Waals surface area contributed by atoms with Crippen LogP contribution in [-0.2, 0) is 19.4 Å². The number of carbonyl (C=O) groups excluding carboxylic acids is 1. The first-order valence-corrected chi connectivity index (χ1v) is 9.13. The summed E-state index contributed by atoms with van der Waals surface area (Å²) >= 11 is 1.89. The van der Waals surface area contributed by atoms with Crippen LogP contribution in [0.4, 0.5) is 0 Å². The smallest absolute Gasteiger partial charge is 0.271 e. The Bertz CT molecular complexity index is 486. The minimum absolute atomic E-state index is 0.0681. The van der Waals surface area contributed by atoms with Gasteiger partial charge in [-0.3, -0.25) is 9.48 Å². The summed E-state index contributed by atoms with van der Waals surface area (Å²) in [5.74, 6) is 1.13. The van der Waals surface area contributed by atoms with Crippen molar-refractivity contribution in [2.75, 3.05) is 25.6 Å². The molecule has 1 amide bonds. The Kier molecular flexibility index (Phi) is 6.11. The molecule has 1 heterocycles. The van der Waals surface area contributed by atoms with E-state index in [9.17, 15) is 4.79 Å². The van der Waals surface area contributed by atoms with Crippen LogP contribution in [0.2, 0.25) is 0 Å². The molecule has 21 heavy (non-hydrogen) atoms. The second-order valence-electron chi connectivity index (χ2n) is 5.41. The molecule has 1 aliphatic carbocycles. The molecular weight excluding hydrogens is 284 g/mol. The molecule has 0 saturated heterocycles. The summed E-state index contributed by atoms with van der Waals surface area (Å²) < 4.78 is 1.99. The van der Waals surface area contributed by atoms with Crippen molar-refractivity contribution in [3.8, 4) is 0 Å². The zero-order valence-electron chi connectivity index (χ0n) is 13.2. The van der Waals surface area contributed by atoms with Gasteiger partial charge in [0.2, 0.25) is 0 Å². The Morgan fingerprint density at radius 3 is 3.00 bits per heavy atom. The van der Waals surface area contributed by atoms with Crippen molar-refractivity contribution in [2.24, 2.45) is 0 Å². The molecule has 2 N–H and O–H groups in total. The second-order valence-corrected chi connectivity index (χ2v) is 6.39. The van der Waals surface area contributed by atoms with Crippen LogP contribution in [0.25, 0.3) is 0 Å². The fourth-order valence-corrected chi connectivity index (χ4v) is 3.38. The Hall–Kier alpha value is -1.01. The molecule has 0 bridgehead atoms. The van der Waals surface area contributed by atoms with Crippen LogP contribution in [0.15, 0.2) is 0 Å². The number of aryl methyl sites for hydroxylation is 1. The van der Waals surface area contributed by atoms with Crippen LogP contribution < -0.4 is 10.6 Å². The largest absolute Gasteiger partial charge is 0.354 e. The predicted molar refractivity (Wildman–Crippen MR) is 88.1 cm³/mol. The zero-order chi connectivity index (χ0) is 15.2. The molecule has 1 atom stereocenters. The van der Waals surface area contributed by atoms with E-state index >= 15 is 0 Å². The molecule has 5 nitrogen and oxygen atoms in total. The highest BCUT2D eigenvalue weighted by Crippen LogP contribution is 2.25. The van der Waals surface area contributed by atoms with Gasteiger partial charge in [0.25, 0.3) is 5.91 Å². The number of nitrogens with zero attached hydrogens (tertiary/aromatic N) is 2. The number of aromatic nitrogens is 2. The van der Waals surface area contributed by atoms with Crippen molar-refractivity contribution in [3.05, 3.63) is 17.0 Å². The molecule has 0 fully saturated rings.